The van der Waals surface area contributed by atoms with Crippen molar-refractivity contribution in [2.45, 2.75) is 25.2 Å². The second-order valence-corrected chi connectivity index (χ2v) is 6.32. The molecule has 100 valence electrons. The summed E-state index contributed by atoms with van der Waals surface area (Å²) in [6.07, 6.45) is 3.01. The maximum Gasteiger partial charge on any atom is 0.0936 e. The van der Waals surface area contributed by atoms with E-state index in [2.05, 4.69) is 5.38 Å². The first kappa shape index (κ1) is 12.5. The predicted octanol–water partition coefficient (Wildman–Crippen LogP) is 1.59. The van der Waals surface area contributed by atoms with Crippen LogP contribution in [0.25, 0.3) is 0 Å². The maximum absolute atomic E-state index is 9.43. The fourth-order valence-electron chi connectivity index (χ4n) is 2.55. The third kappa shape index (κ3) is 2.45. The summed E-state index contributed by atoms with van der Waals surface area (Å²) >= 11 is 1.72. The molecule has 0 radical (unpaired) electrons. The summed E-state index contributed by atoms with van der Waals surface area (Å²) in [6.45, 7) is 3.22. The summed E-state index contributed by atoms with van der Waals surface area (Å²) < 4.78 is 10.6. The lowest BCUT2D eigenvalue weighted by molar-refractivity contribution is -0.136. The van der Waals surface area contributed by atoms with Crippen LogP contribution in [0.5, 0.6) is 0 Å². The average Bonchev–Trinajstić information content (AvgIpc) is 2.83. The number of aliphatic hydroxyl groups excluding tert-OH is 1. The van der Waals surface area contributed by atoms with Gasteiger partial charge in [-0.25, -0.2) is 4.98 Å². The van der Waals surface area contributed by atoms with Gasteiger partial charge in [0.2, 0.25) is 0 Å². The van der Waals surface area contributed by atoms with Crippen molar-refractivity contribution >= 4 is 11.3 Å². The number of thiazole rings is 1. The first-order valence-electron chi connectivity index (χ1n) is 6.52. The molecular weight excluding hydrogens is 250 g/mol. The van der Waals surface area contributed by atoms with Gasteiger partial charge in [0.15, 0.2) is 0 Å². The van der Waals surface area contributed by atoms with E-state index in [0.29, 0.717) is 19.1 Å². The van der Waals surface area contributed by atoms with Gasteiger partial charge in [0, 0.05) is 36.3 Å². The number of aliphatic hydroxyl groups is 1. The van der Waals surface area contributed by atoms with Gasteiger partial charge >= 0.3 is 0 Å². The zero-order chi connectivity index (χ0) is 12.4. The molecule has 18 heavy (non-hydrogen) atoms. The van der Waals surface area contributed by atoms with E-state index in [1.165, 1.54) is 5.69 Å². The lowest BCUT2D eigenvalue weighted by Gasteiger charge is -2.39. The van der Waals surface area contributed by atoms with Crippen LogP contribution in [0.4, 0.5) is 0 Å². The van der Waals surface area contributed by atoms with Crippen molar-refractivity contribution in [3.63, 3.8) is 0 Å². The predicted molar refractivity (Wildman–Crippen MR) is 68.9 cm³/mol. The highest BCUT2D eigenvalue weighted by atomic mass is 32.1. The van der Waals surface area contributed by atoms with Gasteiger partial charge in [-0.05, 0) is 12.8 Å². The van der Waals surface area contributed by atoms with Gasteiger partial charge in [-0.3, -0.25) is 0 Å². The molecule has 3 heterocycles. The zero-order valence-electron chi connectivity index (χ0n) is 10.4. The molecule has 4 nitrogen and oxygen atoms in total. The SMILES string of the molecule is OCC1(Cc2nc(C3CCOCC3)cs2)COC1. The molecule has 1 N–H and O–H groups in total. The molecule has 0 amide bonds. The van der Waals surface area contributed by atoms with Crippen molar-refractivity contribution < 1.29 is 14.6 Å². The monoisotopic (exact) mass is 269 g/mol. The van der Waals surface area contributed by atoms with Crippen LogP contribution in [0.3, 0.4) is 0 Å². The molecule has 0 bridgehead atoms. The molecule has 0 atom stereocenters. The van der Waals surface area contributed by atoms with Gasteiger partial charge in [-0.1, -0.05) is 0 Å². The van der Waals surface area contributed by atoms with E-state index in [9.17, 15) is 5.11 Å². The van der Waals surface area contributed by atoms with Crippen molar-refractivity contribution in [2.24, 2.45) is 5.41 Å². The van der Waals surface area contributed by atoms with Gasteiger partial charge in [-0.2, -0.15) is 0 Å². The Morgan fingerprint density at radius 1 is 1.33 bits per heavy atom. The van der Waals surface area contributed by atoms with E-state index in [4.69, 9.17) is 14.5 Å². The molecule has 2 aliphatic rings. The third-order valence-corrected chi connectivity index (χ3v) is 4.75. The van der Waals surface area contributed by atoms with E-state index in [1.54, 1.807) is 11.3 Å². The number of ether oxygens (including phenoxy) is 2. The van der Waals surface area contributed by atoms with Crippen LogP contribution in [0.1, 0.15) is 29.5 Å². The molecule has 3 rings (SSSR count). The summed E-state index contributed by atoms with van der Waals surface area (Å²) in [7, 11) is 0. The molecule has 2 saturated heterocycles. The normalized spacial score (nSPS) is 23.8. The molecule has 0 saturated carbocycles. The van der Waals surface area contributed by atoms with E-state index in [-0.39, 0.29) is 12.0 Å². The smallest absolute Gasteiger partial charge is 0.0936 e. The van der Waals surface area contributed by atoms with E-state index < -0.39 is 0 Å². The van der Waals surface area contributed by atoms with Gasteiger partial charge in [0.1, 0.15) is 0 Å². The van der Waals surface area contributed by atoms with Gasteiger partial charge in [-0.15, -0.1) is 11.3 Å². The fourth-order valence-corrected chi connectivity index (χ4v) is 3.60. The van der Waals surface area contributed by atoms with Crippen molar-refractivity contribution in [3.05, 3.63) is 16.1 Å². The third-order valence-electron chi connectivity index (χ3n) is 3.89. The van der Waals surface area contributed by atoms with Crippen molar-refractivity contribution in [1.82, 2.24) is 4.98 Å². The van der Waals surface area contributed by atoms with Crippen LogP contribution in [-0.2, 0) is 15.9 Å². The molecule has 1 aromatic rings. The molecule has 2 aliphatic heterocycles. The average molecular weight is 269 g/mol. The minimum absolute atomic E-state index is 0.0647. The Kier molecular flexibility index (Phi) is 3.66. The Hall–Kier alpha value is -0.490. The zero-order valence-corrected chi connectivity index (χ0v) is 11.2. The molecular formula is C13H19NO3S. The first-order chi connectivity index (χ1) is 8.81. The van der Waals surface area contributed by atoms with Crippen molar-refractivity contribution in [3.8, 4) is 0 Å². The Bertz CT molecular complexity index is 391. The second-order valence-electron chi connectivity index (χ2n) is 5.38. The van der Waals surface area contributed by atoms with Crippen molar-refractivity contribution in [2.75, 3.05) is 33.0 Å². The second kappa shape index (κ2) is 5.25. The minimum atomic E-state index is -0.0647. The summed E-state index contributed by atoms with van der Waals surface area (Å²) in [5, 5.41) is 12.7. The highest BCUT2D eigenvalue weighted by Crippen LogP contribution is 2.34. The summed E-state index contributed by atoms with van der Waals surface area (Å²) in [4.78, 5) is 4.75. The highest BCUT2D eigenvalue weighted by molar-refractivity contribution is 7.09. The number of nitrogens with zero attached hydrogens (tertiary/aromatic N) is 1. The van der Waals surface area contributed by atoms with Crippen LogP contribution in [0, 0.1) is 5.41 Å². The van der Waals surface area contributed by atoms with Crippen LogP contribution < -0.4 is 0 Å². The Morgan fingerprint density at radius 3 is 2.72 bits per heavy atom. The molecule has 5 heteroatoms. The summed E-state index contributed by atoms with van der Waals surface area (Å²) in [5.74, 6) is 0.562. The number of rotatable bonds is 4. The minimum Gasteiger partial charge on any atom is -0.396 e. The van der Waals surface area contributed by atoms with E-state index in [0.717, 1.165) is 37.5 Å². The molecule has 1 aromatic heterocycles. The number of hydrogen-bond acceptors (Lipinski definition) is 5. The Balaban J connectivity index is 1.65. The highest BCUT2D eigenvalue weighted by Gasteiger charge is 2.39. The fraction of sp³-hybridized carbons (Fsp3) is 0.769. The number of aromatic nitrogens is 1. The molecule has 0 spiro atoms. The van der Waals surface area contributed by atoms with Crippen LogP contribution >= 0.6 is 11.3 Å². The van der Waals surface area contributed by atoms with E-state index in [1.807, 2.05) is 0 Å². The Morgan fingerprint density at radius 2 is 2.11 bits per heavy atom. The molecule has 2 fully saturated rings. The lowest BCUT2D eigenvalue weighted by Crippen LogP contribution is -2.47. The molecule has 0 unspecified atom stereocenters. The maximum atomic E-state index is 9.43. The van der Waals surface area contributed by atoms with Crippen molar-refractivity contribution in [1.29, 1.82) is 0 Å². The quantitative estimate of drug-likeness (QED) is 0.902. The van der Waals surface area contributed by atoms with Gasteiger partial charge in [0.25, 0.3) is 0 Å². The van der Waals surface area contributed by atoms with Gasteiger partial charge in [0.05, 0.1) is 30.5 Å². The molecule has 0 aromatic carbocycles. The largest absolute Gasteiger partial charge is 0.396 e. The lowest BCUT2D eigenvalue weighted by atomic mass is 9.84. The van der Waals surface area contributed by atoms with Crippen LogP contribution in [0.2, 0.25) is 0 Å². The van der Waals surface area contributed by atoms with Crippen LogP contribution in [0.15, 0.2) is 5.38 Å². The Labute approximate surface area is 111 Å². The summed E-state index contributed by atoms with van der Waals surface area (Å²) in [6, 6.07) is 0. The number of hydrogen-bond donors (Lipinski definition) is 1. The topological polar surface area (TPSA) is 51.6 Å². The van der Waals surface area contributed by atoms with Crippen LogP contribution in [-0.4, -0.2) is 43.1 Å². The standard InChI is InChI=1S/C13H19NO3S/c15-7-13(8-17-9-13)5-12-14-11(6-18-12)10-1-3-16-4-2-10/h6,10,15H,1-5,7-9H2. The summed E-state index contributed by atoms with van der Waals surface area (Å²) in [5.41, 5.74) is 1.15. The molecule has 0 aliphatic carbocycles. The first-order valence-corrected chi connectivity index (χ1v) is 7.40. The van der Waals surface area contributed by atoms with E-state index >= 15 is 0 Å². The van der Waals surface area contributed by atoms with Gasteiger partial charge < -0.3 is 14.6 Å².